The third-order valence-corrected chi connectivity index (χ3v) is 11.5. The fourth-order valence-corrected chi connectivity index (χ4v) is 9.56. The summed E-state index contributed by atoms with van der Waals surface area (Å²) in [5.74, 6) is 1.65. The van der Waals surface area contributed by atoms with Crippen LogP contribution in [-0.2, 0) is 0 Å². The molecule has 0 saturated carbocycles. The summed E-state index contributed by atoms with van der Waals surface area (Å²) < 4.78 is 6.13. The Morgan fingerprint density at radius 2 is 1.14 bits per heavy atom. The van der Waals surface area contributed by atoms with Crippen LogP contribution in [0.5, 0.6) is 0 Å². The summed E-state index contributed by atoms with van der Waals surface area (Å²) in [7, 11) is 0. The highest BCUT2D eigenvalue weighted by Gasteiger charge is 2.27. The molecule has 0 aliphatic carbocycles. The van der Waals surface area contributed by atoms with Crippen LogP contribution in [0.15, 0.2) is 146 Å². The first-order valence-electron chi connectivity index (χ1n) is 16.6. The van der Waals surface area contributed by atoms with Gasteiger partial charge in [0.05, 0.1) is 33.0 Å². The highest BCUT2D eigenvalue weighted by Crippen LogP contribution is 2.49. The number of rotatable bonds is 2. The van der Waals surface area contributed by atoms with Crippen LogP contribution in [0, 0.1) is 0 Å². The Hall–Kier alpha value is -6.30. The zero-order valence-corrected chi connectivity index (χ0v) is 26.9. The minimum Gasteiger partial charge on any atom is -0.308 e. The second-order valence-corrected chi connectivity index (χ2v) is 14.0. The molecule has 7 aromatic carbocycles. The molecule has 5 heteroatoms. The van der Waals surface area contributed by atoms with Crippen molar-refractivity contribution in [3.8, 4) is 17.2 Å². The number of fused-ring (bicyclic) bond motifs is 15. The molecule has 0 spiro atoms. The van der Waals surface area contributed by atoms with E-state index in [4.69, 9.17) is 9.97 Å². The van der Waals surface area contributed by atoms with Gasteiger partial charge in [-0.3, -0.25) is 4.57 Å². The molecule has 226 valence electrons. The van der Waals surface area contributed by atoms with E-state index in [-0.39, 0.29) is 0 Å². The van der Waals surface area contributed by atoms with Gasteiger partial charge in [-0.05, 0) is 41.1 Å². The van der Waals surface area contributed by atoms with Crippen molar-refractivity contribution < 1.29 is 0 Å². The largest absolute Gasteiger partial charge is 0.308 e. The summed E-state index contributed by atoms with van der Waals surface area (Å²) in [6.45, 7) is 0. The van der Waals surface area contributed by atoms with E-state index in [1.54, 1.807) is 11.3 Å². The van der Waals surface area contributed by atoms with E-state index in [1.165, 1.54) is 69.7 Å². The average molecular weight is 641 g/mol. The summed E-state index contributed by atoms with van der Waals surface area (Å²) in [5.41, 5.74) is 7.05. The van der Waals surface area contributed by atoms with Gasteiger partial charge in [0.25, 0.3) is 0 Å². The minimum absolute atomic E-state index is 0.735. The minimum atomic E-state index is 0.735. The Morgan fingerprint density at radius 3 is 2.02 bits per heavy atom. The number of nitrogens with zero attached hydrogens (tertiary/aromatic N) is 4. The highest BCUT2D eigenvalue weighted by molar-refractivity contribution is 7.25. The molecule has 0 bridgehead atoms. The second-order valence-electron chi connectivity index (χ2n) is 12.9. The van der Waals surface area contributed by atoms with Crippen molar-refractivity contribution >= 4 is 102 Å². The van der Waals surface area contributed by atoms with E-state index in [0.29, 0.717) is 0 Å². The van der Waals surface area contributed by atoms with Crippen LogP contribution < -0.4 is 0 Å². The zero-order valence-electron chi connectivity index (χ0n) is 26.1. The lowest BCUT2D eigenvalue weighted by Crippen LogP contribution is -2.01. The summed E-state index contributed by atoms with van der Waals surface area (Å²) in [6.07, 6.45) is 0. The van der Waals surface area contributed by atoms with Crippen molar-refractivity contribution in [1.29, 1.82) is 0 Å². The maximum atomic E-state index is 5.48. The average Bonchev–Trinajstić information content (AvgIpc) is 3.90. The SMILES string of the molecule is c1ccc(-c2nc(-n3c4ccccc4c4c5c6c7ccccc7ccc6n6c7ccccc7c(cc43)c56)c3c(n2)sc2ccccc23)cc1. The van der Waals surface area contributed by atoms with E-state index in [2.05, 4.69) is 148 Å². The van der Waals surface area contributed by atoms with E-state index < -0.39 is 0 Å². The number of para-hydroxylation sites is 2. The number of thiophene rings is 1. The first kappa shape index (κ1) is 25.7. The lowest BCUT2D eigenvalue weighted by Gasteiger charge is -2.11. The molecule has 0 aliphatic heterocycles. The van der Waals surface area contributed by atoms with Crippen molar-refractivity contribution in [2.75, 3.05) is 0 Å². The Labute approximate surface area is 283 Å². The lowest BCUT2D eigenvalue weighted by atomic mass is 9.98. The van der Waals surface area contributed by atoms with Crippen molar-refractivity contribution in [3.63, 3.8) is 0 Å². The van der Waals surface area contributed by atoms with Crippen LogP contribution in [0.3, 0.4) is 0 Å². The maximum absolute atomic E-state index is 5.48. The molecule has 49 heavy (non-hydrogen) atoms. The van der Waals surface area contributed by atoms with Crippen molar-refractivity contribution in [1.82, 2.24) is 18.9 Å². The van der Waals surface area contributed by atoms with Gasteiger partial charge in [-0.15, -0.1) is 11.3 Å². The molecule has 12 rings (SSSR count). The van der Waals surface area contributed by atoms with E-state index in [0.717, 1.165) is 38.5 Å². The molecular weight excluding hydrogens is 617 g/mol. The molecule has 0 saturated heterocycles. The molecule has 0 atom stereocenters. The van der Waals surface area contributed by atoms with Gasteiger partial charge >= 0.3 is 0 Å². The molecule has 4 nitrogen and oxygen atoms in total. The third-order valence-electron chi connectivity index (χ3n) is 10.5. The Kier molecular flexibility index (Phi) is 4.83. The first-order valence-corrected chi connectivity index (χ1v) is 17.4. The smallest absolute Gasteiger partial charge is 0.163 e. The van der Waals surface area contributed by atoms with Crippen LogP contribution in [0.2, 0.25) is 0 Å². The summed E-state index contributed by atoms with van der Waals surface area (Å²) in [6, 6.07) is 52.5. The molecule has 12 aromatic rings. The summed E-state index contributed by atoms with van der Waals surface area (Å²) in [4.78, 5) is 11.7. The van der Waals surface area contributed by atoms with Gasteiger partial charge in [-0.25, -0.2) is 9.97 Å². The van der Waals surface area contributed by atoms with Crippen LogP contribution in [0.25, 0.3) is 108 Å². The van der Waals surface area contributed by atoms with Crippen molar-refractivity contribution in [2.45, 2.75) is 0 Å². The molecule has 0 aliphatic rings. The van der Waals surface area contributed by atoms with Gasteiger partial charge in [-0.1, -0.05) is 115 Å². The molecule has 0 amide bonds. The van der Waals surface area contributed by atoms with Gasteiger partial charge < -0.3 is 4.40 Å². The first-order chi connectivity index (χ1) is 24.3. The Morgan fingerprint density at radius 1 is 0.449 bits per heavy atom. The summed E-state index contributed by atoms with van der Waals surface area (Å²) >= 11 is 1.74. The van der Waals surface area contributed by atoms with Gasteiger partial charge in [0.15, 0.2) is 11.6 Å². The standard InChI is InChI=1S/C44H24N4S/c1-2-13-26(14-3-1)42-45-43(39-30-18-8-11-21-36(30)49-44(39)46-42)48-33-20-10-7-17-29(33)38-35(48)24-31-28-16-6-9-19-32(28)47-34-23-22-25-12-4-5-15-27(25)37(34)40(38)41(31)47/h1-24H. The number of benzene rings is 7. The topological polar surface area (TPSA) is 35.1 Å². The predicted molar refractivity (Wildman–Crippen MR) is 207 cm³/mol. The lowest BCUT2D eigenvalue weighted by molar-refractivity contribution is 1.08. The normalized spacial score (nSPS) is 12.5. The molecule has 5 heterocycles. The zero-order chi connectivity index (χ0) is 31.8. The van der Waals surface area contributed by atoms with Gasteiger partial charge in [0.1, 0.15) is 4.83 Å². The fourth-order valence-electron chi connectivity index (χ4n) is 8.49. The number of hydrogen-bond acceptors (Lipinski definition) is 3. The number of hydrogen-bond donors (Lipinski definition) is 0. The monoisotopic (exact) mass is 640 g/mol. The molecule has 5 aromatic heterocycles. The third kappa shape index (κ3) is 3.23. The van der Waals surface area contributed by atoms with Crippen LogP contribution in [0.4, 0.5) is 0 Å². The Balaban J connectivity index is 1.37. The molecule has 0 fully saturated rings. The highest BCUT2D eigenvalue weighted by atomic mass is 32.1. The fraction of sp³-hybridized carbons (Fsp3) is 0. The van der Waals surface area contributed by atoms with Crippen LogP contribution >= 0.6 is 11.3 Å². The molecule has 0 N–H and O–H groups in total. The van der Waals surface area contributed by atoms with Crippen molar-refractivity contribution in [3.05, 3.63) is 146 Å². The quantitative estimate of drug-likeness (QED) is 0.188. The number of aromatic nitrogens is 4. The second kappa shape index (κ2) is 9.19. The molecule has 0 radical (unpaired) electrons. The maximum Gasteiger partial charge on any atom is 0.163 e. The van der Waals surface area contributed by atoms with Crippen LogP contribution in [-0.4, -0.2) is 18.9 Å². The molecule has 0 unspecified atom stereocenters. The van der Waals surface area contributed by atoms with Gasteiger partial charge in [0.2, 0.25) is 0 Å². The summed E-state index contributed by atoms with van der Waals surface area (Å²) in [5, 5.41) is 12.4. The van der Waals surface area contributed by atoms with E-state index in [9.17, 15) is 0 Å². The van der Waals surface area contributed by atoms with Crippen molar-refractivity contribution in [2.24, 2.45) is 0 Å². The van der Waals surface area contributed by atoms with Gasteiger partial charge in [-0.2, -0.15) is 0 Å². The van der Waals surface area contributed by atoms with Crippen LogP contribution in [0.1, 0.15) is 0 Å². The Bertz CT molecular complexity index is 3330. The van der Waals surface area contributed by atoms with E-state index in [1.807, 2.05) is 6.07 Å². The van der Waals surface area contributed by atoms with E-state index >= 15 is 0 Å². The molecular formula is C44H24N4S. The van der Waals surface area contributed by atoms with Gasteiger partial charge in [0, 0.05) is 48.0 Å². The predicted octanol–water partition coefficient (Wildman–Crippen LogP) is 11.9.